The molecule has 0 atom stereocenters. The van der Waals surface area contributed by atoms with Crippen molar-refractivity contribution in [3.8, 4) is 0 Å². The van der Waals surface area contributed by atoms with E-state index in [2.05, 4.69) is 4.90 Å². The predicted octanol–water partition coefficient (Wildman–Crippen LogP) is 5.08. The van der Waals surface area contributed by atoms with Crippen molar-refractivity contribution in [2.45, 2.75) is 59.6 Å². The summed E-state index contributed by atoms with van der Waals surface area (Å²) in [5.41, 5.74) is 1.65. The van der Waals surface area contributed by atoms with Gasteiger partial charge < -0.3 is 9.80 Å². The minimum atomic E-state index is -4.39. The Labute approximate surface area is 194 Å². The molecule has 1 saturated heterocycles. The molecule has 2 heterocycles. The van der Waals surface area contributed by atoms with Crippen LogP contribution in [0.25, 0.3) is 0 Å². The molecular formula is C25H33F3N4O. The van der Waals surface area contributed by atoms with Gasteiger partial charge in [0.25, 0.3) is 0 Å². The van der Waals surface area contributed by atoms with Crippen LogP contribution in [0.1, 0.15) is 68.7 Å². The second-order valence-electron chi connectivity index (χ2n) is 9.18. The minimum Gasteiger partial charge on any atom is -0.353 e. The number of piperazine rings is 1. The fourth-order valence-corrected chi connectivity index (χ4v) is 4.09. The van der Waals surface area contributed by atoms with Gasteiger partial charge in [0.2, 0.25) is 5.91 Å². The molecule has 33 heavy (non-hydrogen) atoms. The third-order valence-corrected chi connectivity index (χ3v) is 5.96. The molecule has 5 nitrogen and oxygen atoms in total. The number of alkyl halides is 3. The summed E-state index contributed by atoms with van der Waals surface area (Å²) in [5.74, 6) is 1.72. The van der Waals surface area contributed by atoms with E-state index in [4.69, 9.17) is 9.97 Å². The van der Waals surface area contributed by atoms with Gasteiger partial charge in [0.05, 0.1) is 5.56 Å². The van der Waals surface area contributed by atoms with Crippen molar-refractivity contribution < 1.29 is 18.0 Å². The highest BCUT2D eigenvalue weighted by atomic mass is 19.4. The smallest absolute Gasteiger partial charge is 0.353 e. The summed E-state index contributed by atoms with van der Waals surface area (Å²) >= 11 is 0. The number of aromatic nitrogens is 2. The van der Waals surface area contributed by atoms with E-state index in [9.17, 15) is 18.0 Å². The maximum atomic E-state index is 13.3. The highest BCUT2D eigenvalue weighted by Crippen LogP contribution is 2.32. The van der Waals surface area contributed by atoms with E-state index in [1.165, 1.54) is 12.1 Å². The third kappa shape index (κ3) is 5.84. The maximum Gasteiger partial charge on any atom is 0.416 e. The van der Waals surface area contributed by atoms with Gasteiger partial charge in [-0.25, -0.2) is 9.97 Å². The molecule has 0 aliphatic carbocycles. The molecule has 0 N–H and O–H groups in total. The van der Waals surface area contributed by atoms with E-state index in [0.717, 1.165) is 29.0 Å². The molecule has 1 aromatic carbocycles. The minimum absolute atomic E-state index is 0.0497. The number of rotatable bonds is 6. The number of nitrogens with zero attached hydrogens (tertiary/aromatic N) is 4. The highest BCUT2D eigenvalue weighted by molar-refractivity contribution is 5.78. The lowest BCUT2D eigenvalue weighted by Gasteiger charge is -2.37. The molecule has 3 rings (SSSR count). The van der Waals surface area contributed by atoms with Crippen LogP contribution in [0.3, 0.4) is 0 Å². The number of anilines is 1. The maximum absolute atomic E-state index is 13.3. The zero-order valence-corrected chi connectivity index (χ0v) is 20.0. The first-order valence-electron chi connectivity index (χ1n) is 11.6. The van der Waals surface area contributed by atoms with Crippen molar-refractivity contribution >= 4 is 11.7 Å². The van der Waals surface area contributed by atoms with Crippen LogP contribution >= 0.6 is 0 Å². The summed E-state index contributed by atoms with van der Waals surface area (Å²) < 4.78 is 39.8. The molecule has 1 aromatic heterocycles. The molecule has 0 saturated carbocycles. The molecule has 0 spiro atoms. The first-order chi connectivity index (χ1) is 15.5. The SMILES string of the molecule is CCc1nc(C(C)C)nc(N2CCN(C(=O)C(C)C)CC2)c1Cc1cccc(C(F)(F)F)c1. The topological polar surface area (TPSA) is 49.3 Å². The molecule has 1 fully saturated rings. The summed E-state index contributed by atoms with van der Waals surface area (Å²) in [6.07, 6.45) is -3.40. The van der Waals surface area contributed by atoms with Gasteiger partial charge in [-0.05, 0) is 18.1 Å². The number of halogens is 3. The Kier molecular flexibility index (Phi) is 7.65. The Bertz CT molecular complexity index is 980. The molecule has 1 aliphatic heterocycles. The molecular weight excluding hydrogens is 429 g/mol. The molecule has 2 aromatic rings. The Morgan fingerprint density at radius 2 is 1.73 bits per heavy atom. The number of hydrogen-bond donors (Lipinski definition) is 0. The van der Waals surface area contributed by atoms with Crippen LogP contribution in [0, 0.1) is 5.92 Å². The number of carbonyl (C=O) groups excluding carboxylic acids is 1. The molecule has 0 bridgehead atoms. The van der Waals surface area contributed by atoms with Crippen LogP contribution in [0.5, 0.6) is 0 Å². The monoisotopic (exact) mass is 462 g/mol. The Hall–Kier alpha value is -2.64. The van der Waals surface area contributed by atoms with E-state index in [1.54, 1.807) is 6.07 Å². The van der Waals surface area contributed by atoms with Gasteiger partial charge in [0.1, 0.15) is 11.6 Å². The quantitative estimate of drug-likeness (QED) is 0.601. The first kappa shape index (κ1) is 25.0. The van der Waals surface area contributed by atoms with Gasteiger partial charge in [0.15, 0.2) is 0 Å². The molecule has 180 valence electrons. The lowest BCUT2D eigenvalue weighted by atomic mass is 9.99. The second-order valence-corrected chi connectivity index (χ2v) is 9.18. The molecule has 8 heteroatoms. The first-order valence-corrected chi connectivity index (χ1v) is 11.6. The van der Waals surface area contributed by atoms with Gasteiger partial charge in [0, 0.05) is 55.7 Å². The second kappa shape index (κ2) is 10.1. The van der Waals surface area contributed by atoms with Gasteiger partial charge in [-0.15, -0.1) is 0 Å². The average Bonchev–Trinajstić information content (AvgIpc) is 2.78. The van der Waals surface area contributed by atoms with Crippen molar-refractivity contribution in [3.05, 3.63) is 52.5 Å². The van der Waals surface area contributed by atoms with Gasteiger partial charge in [-0.2, -0.15) is 13.2 Å². The summed E-state index contributed by atoms with van der Waals surface area (Å²) in [5, 5.41) is 0. The Morgan fingerprint density at radius 3 is 2.27 bits per heavy atom. The fraction of sp³-hybridized carbons (Fsp3) is 0.560. The largest absolute Gasteiger partial charge is 0.416 e. The van der Waals surface area contributed by atoms with Crippen LogP contribution in [0.4, 0.5) is 19.0 Å². The number of benzene rings is 1. The van der Waals surface area contributed by atoms with Crippen LogP contribution < -0.4 is 4.90 Å². The summed E-state index contributed by atoms with van der Waals surface area (Å²) in [6.45, 7) is 12.3. The summed E-state index contributed by atoms with van der Waals surface area (Å²) in [4.78, 5) is 26.0. The Morgan fingerprint density at radius 1 is 1.06 bits per heavy atom. The molecule has 1 aliphatic rings. The number of amides is 1. The Balaban J connectivity index is 1.98. The summed E-state index contributed by atoms with van der Waals surface area (Å²) in [6, 6.07) is 5.46. The third-order valence-electron chi connectivity index (χ3n) is 5.96. The molecule has 1 amide bonds. The number of carbonyl (C=O) groups is 1. The van der Waals surface area contributed by atoms with E-state index < -0.39 is 11.7 Å². The zero-order valence-electron chi connectivity index (χ0n) is 20.0. The van der Waals surface area contributed by atoms with Crippen molar-refractivity contribution in [3.63, 3.8) is 0 Å². The molecule has 0 radical (unpaired) electrons. The average molecular weight is 463 g/mol. The van der Waals surface area contributed by atoms with Crippen molar-refractivity contribution in [1.82, 2.24) is 14.9 Å². The molecule has 0 unspecified atom stereocenters. The number of aryl methyl sites for hydroxylation is 1. The van der Waals surface area contributed by atoms with Crippen LogP contribution in [-0.4, -0.2) is 47.0 Å². The number of hydrogen-bond acceptors (Lipinski definition) is 4. The highest BCUT2D eigenvalue weighted by Gasteiger charge is 2.31. The van der Waals surface area contributed by atoms with Gasteiger partial charge >= 0.3 is 6.18 Å². The van der Waals surface area contributed by atoms with Crippen LogP contribution in [0.15, 0.2) is 24.3 Å². The summed E-state index contributed by atoms with van der Waals surface area (Å²) in [7, 11) is 0. The van der Waals surface area contributed by atoms with Crippen molar-refractivity contribution in [1.29, 1.82) is 0 Å². The van der Waals surface area contributed by atoms with Crippen LogP contribution in [0.2, 0.25) is 0 Å². The standard InChI is InChI=1S/C25H33F3N4O/c1-6-21-20(15-18-8-7-9-19(14-18)25(26,27)28)23(30-22(29-21)16(2)3)31-10-12-32(13-11-31)24(33)17(4)5/h7-9,14,16-17H,6,10-13,15H2,1-5H3. The predicted molar refractivity (Wildman–Crippen MR) is 123 cm³/mol. The van der Waals surface area contributed by atoms with Gasteiger partial charge in [-0.1, -0.05) is 52.8 Å². The van der Waals surface area contributed by atoms with Gasteiger partial charge in [-0.3, -0.25) is 4.79 Å². The van der Waals surface area contributed by atoms with Crippen molar-refractivity contribution in [2.75, 3.05) is 31.1 Å². The normalized spacial score (nSPS) is 15.0. The lowest BCUT2D eigenvalue weighted by molar-refractivity contribution is -0.137. The lowest BCUT2D eigenvalue weighted by Crippen LogP contribution is -2.50. The van der Waals surface area contributed by atoms with E-state index >= 15 is 0 Å². The van der Waals surface area contributed by atoms with E-state index in [0.29, 0.717) is 44.6 Å². The zero-order chi connectivity index (χ0) is 24.3. The fourth-order valence-electron chi connectivity index (χ4n) is 4.09. The van der Waals surface area contributed by atoms with E-state index in [1.807, 2.05) is 39.5 Å². The van der Waals surface area contributed by atoms with E-state index in [-0.39, 0.29) is 17.7 Å². The van der Waals surface area contributed by atoms with Crippen LogP contribution in [-0.2, 0) is 23.8 Å². The van der Waals surface area contributed by atoms with Crippen molar-refractivity contribution in [2.24, 2.45) is 5.92 Å².